The van der Waals surface area contributed by atoms with Crippen LogP contribution in [-0.2, 0) is 14.2 Å². The molecule has 1 aromatic carbocycles. The Hall–Kier alpha value is -3.60. The minimum Gasteiger partial charge on any atom is -0.481 e. The van der Waals surface area contributed by atoms with Crippen LogP contribution in [0.15, 0.2) is 71.3 Å². The van der Waals surface area contributed by atoms with Gasteiger partial charge in [0.15, 0.2) is 0 Å². The lowest BCUT2D eigenvalue weighted by molar-refractivity contribution is 0.0538. The molecule has 10 heteroatoms. The lowest BCUT2D eigenvalue weighted by Gasteiger charge is -2.23. The van der Waals surface area contributed by atoms with Crippen LogP contribution in [0.25, 0.3) is 0 Å². The van der Waals surface area contributed by atoms with Crippen LogP contribution in [0.5, 0.6) is 0 Å². The molecule has 182 valence electrons. The zero-order valence-electron chi connectivity index (χ0n) is 19.6. The monoisotopic (exact) mass is 468 g/mol. The van der Waals surface area contributed by atoms with Gasteiger partial charge in [-0.15, -0.1) is 0 Å². The van der Waals surface area contributed by atoms with Gasteiger partial charge in [0.1, 0.15) is 5.69 Å². The van der Waals surface area contributed by atoms with Crippen LogP contribution < -0.4 is 16.0 Å². The van der Waals surface area contributed by atoms with E-state index in [4.69, 9.17) is 19.9 Å². The molecule has 2 rings (SSSR count). The van der Waals surface area contributed by atoms with E-state index in [1.807, 2.05) is 35.2 Å². The first-order valence-electron chi connectivity index (χ1n) is 10.8. The van der Waals surface area contributed by atoms with Crippen molar-refractivity contribution >= 4 is 24.3 Å². The highest BCUT2D eigenvalue weighted by Crippen LogP contribution is 2.21. The molecule has 1 aromatic heterocycles. The van der Waals surface area contributed by atoms with Crippen molar-refractivity contribution in [2.24, 2.45) is 10.7 Å². The maximum absolute atomic E-state index is 12.7. The number of rotatable bonds is 15. The van der Waals surface area contributed by atoms with Gasteiger partial charge in [-0.2, -0.15) is 0 Å². The molecule has 0 aliphatic rings. The van der Waals surface area contributed by atoms with E-state index in [9.17, 15) is 4.79 Å². The molecule has 1 amide bonds. The van der Waals surface area contributed by atoms with Crippen molar-refractivity contribution in [3.8, 4) is 0 Å². The summed E-state index contributed by atoms with van der Waals surface area (Å²) in [6, 6.07) is 11.2. The van der Waals surface area contributed by atoms with Gasteiger partial charge in [-0.1, -0.05) is 18.2 Å². The first kappa shape index (κ1) is 26.7. The molecule has 0 aliphatic heterocycles. The number of ether oxygens (including phenoxy) is 3. The molecule has 0 bridgehead atoms. The Kier molecular flexibility index (Phi) is 12.0. The molecule has 10 nitrogen and oxygen atoms in total. The number of carbonyl (C=O) groups excluding carboxylic acids is 1. The number of nitrogens with one attached hydrogen (secondary N) is 1. The Morgan fingerprint density at radius 2 is 1.88 bits per heavy atom. The largest absolute Gasteiger partial charge is 0.481 e. The summed E-state index contributed by atoms with van der Waals surface area (Å²) < 4.78 is 16.0. The fourth-order valence-corrected chi connectivity index (χ4v) is 2.78. The standard InChI is InChI=1S/C24H32N6O4/c1-19(9-10-22(26-2)32-3)28-23(31)21-11-13-27-24(29-21)30(20-7-5-4-6-8-20)14-16-34-18-17-33-15-12-25/h4-11,13H,2,12,14-18,25H2,1,3H3,(H,28,31)/b19-9+,22-10+. The summed E-state index contributed by atoms with van der Waals surface area (Å²) in [6.07, 6.45) is 4.82. The topological polar surface area (TPSA) is 124 Å². The van der Waals surface area contributed by atoms with E-state index in [-0.39, 0.29) is 11.6 Å². The Labute approximate surface area is 200 Å². The van der Waals surface area contributed by atoms with E-state index in [2.05, 4.69) is 27.0 Å². The molecule has 0 spiro atoms. The molecule has 2 aromatic rings. The molecule has 0 atom stereocenters. The SMILES string of the molecule is C=N/C(=C\C=C(/C)NC(=O)c1ccnc(N(CCOCCOCCN)c2ccccc2)n1)OC. The molecule has 0 saturated carbocycles. The molecule has 0 aliphatic carbocycles. The second kappa shape index (κ2) is 15.3. The maximum atomic E-state index is 12.7. The van der Waals surface area contributed by atoms with Gasteiger partial charge in [0.2, 0.25) is 11.8 Å². The molecule has 34 heavy (non-hydrogen) atoms. The van der Waals surface area contributed by atoms with Crippen LogP contribution in [0.3, 0.4) is 0 Å². The molecule has 0 radical (unpaired) electrons. The number of nitrogens with two attached hydrogens (primary N) is 1. The number of amides is 1. The van der Waals surface area contributed by atoms with Crippen LogP contribution in [0.4, 0.5) is 11.6 Å². The third-order valence-corrected chi connectivity index (χ3v) is 4.43. The van der Waals surface area contributed by atoms with Crippen LogP contribution in [0.2, 0.25) is 0 Å². The van der Waals surface area contributed by atoms with Crippen LogP contribution in [0, 0.1) is 0 Å². The predicted octanol–water partition coefficient (Wildman–Crippen LogP) is 2.43. The quantitative estimate of drug-likeness (QED) is 0.177. The number of carbonyl (C=O) groups is 1. The normalized spacial score (nSPS) is 11.7. The fourth-order valence-electron chi connectivity index (χ4n) is 2.78. The highest BCUT2D eigenvalue weighted by molar-refractivity contribution is 5.93. The zero-order valence-corrected chi connectivity index (χ0v) is 19.6. The summed E-state index contributed by atoms with van der Waals surface area (Å²) in [5, 5.41) is 2.79. The number of methoxy groups -OCH3 is 1. The lowest BCUT2D eigenvalue weighted by atomic mass is 10.3. The first-order chi connectivity index (χ1) is 16.6. The van der Waals surface area contributed by atoms with Crippen LogP contribution in [0.1, 0.15) is 17.4 Å². The highest BCUT2D eigenvalue weighted by Gasteiger charge is 2.15. The van der Waals surface area contributed by atoms with Crippen LogP contribution >= 0.6 is 0 Å². The first-order valence-corrected chi connectivity index (χ1v) is 10.8. The van der Waals surface area contributed by atoms with Crippen LogP contribution in [-0.4, -0.2) is 69.2 Å². The average molecular weight is 469 g/mol. The minimum absolute atomic E-state index is 0.229. The summed E-state index contributed by atoms with van der Waals surface area (Å²) in [7, 11) is 1.49. The second-order valence-electron chi connectivity index (χ2n) is 6.91. The van der Waals surface area contributed by atoms with Gasteiger partial charge in [-0.05, 0) is 37.9 Å². The lowest BCUT2D eigenvalue weighted by Crippen LogP contribution is -2.27. The second-order valence-corrected chi connectivity index (χ2v) is 6.91. The van der Waals surface area contributed by atoms with E-state index in [1.165, 1.54) is 7.11 Å². The van der Waals surface area contributed by atoms with Crippen molar-refractivity contribution < 1.29 is 19.0 Å². The molecule has 3 N–H and O–H groups in total. The number of benzene rings is 1. The minimum atomic E-state index is -0.363. The van der Waals surface area contributed by atoms with Crippen molar-refractivity contribution in [3.63, 3.8) is 0 Å². The summed E-state index contributed by atoms with van der Waals surface area (Å²) in [5.74, 6) is 0.364. The maximum Gasteiger partial charge on any atom is 0.274 e. The molecule has 0 saturated heterocycles. The van der Waals surface area contributed by atoms with Crippen molar-refractivity contribution in [2.75, 3.05) is 51.5 Å². The van der Waals surface area contributed by atoms with Gasteiger partial charge < -0.3 is 30.2 Å². The van der Waals surface area contributed by atoms with E-state index < -0.39 is 0 Å². The summed E-state index contributed by atoms with van der Waals surface area (Å²) in [5.41, 5.74) is 7.11. The number of hydrogen-bond acceptors (Lipinski definition) is 9. The number of aliphatic imine (C=N–C) groups is 1. The Morgan fingerprint density at radius 3 is 2.56 bits per heavy atom. The van der Waals surface area contributed by atoms with Crippen molar-refractivity contribution in [1.29, 1.82) is 0 Å². The number of aromatic nitrogens is 2. The Morgan fingerprint density at radius 1 is 1.15 bits per heavy atom. The van der Waals surface area contributed by atoms with Gasteiger partial charge in [-0.25, -0.2) is 15.0 Å². The zero-order chi connectivity index (χ0) is 24.6. The number of nitrogens with zero attached hydrogens (tertiary/aromatic N) is 4. The Balaban J connectivity index is 2.10. The fraction of sp³-hybridized carbons (Fsp3) is 0.333. The van der Waals surface area contributed by atoms with Crippen molar-refractivity contribution in [2.45, 2.75) is 6.92 Å². The highest BCUT2D eigenvalue weighted by atomic mass is 16.5. The number of para-hydroxylation sites is 1. The van der Waals surface area contributed by atoms with E-state index in [1.54, 1.807) is 31.3 Å². The predicted molar refractivity (Wildman–Crippen MR) is 132 cm³/mol. The van der Waals surface area contributed by atoms with Gasteiger partial charge in [0, 0.05) is 36.7 Å². The van der Waals surface area contributed by atoms with E-state index >= 15 is 0 Å². The molecular formula is C24H32N6O4. The number of anilines is 2. The molecule has 0 fully saturated rings. The van der Waals surface area contributed by atoms with E-state index in [0.717, 1.165) is 5.69 Å². The van der Waals surface area contributed by atoms with Crippen molar-refractivity contribution in [1.82, 2.24) is 15.3 Å². The third kappa shape index (κ3) is 9.10. The van der Waals surface area contributed by atoms with Gasteiger partial charge >= 0.3 is 0 Å². The summed E-state index contributed by atoms with van der Waals surface area (Å²) in [4.78, 5) is 27.2. The molecule has 0 unspecified atom stereocenters. The summed E-state index contributed by atoms with van der Waals surface area (Å²) >= 11 is 0. The smallest absolute Gasteiger partial charge is 0.274 e. The van der Waals surface area contributed by atoms with Gasteiger partial charge in [0.25, 0.3) is 5.91 Å². The van der Waals surface area contributed by atoms with Gasteiger partial charge in [0.05, 0.1) is 33.5 Å². The van der Waals surface area contributed by atoms with Crippen molar-refractivity contribution in [3.05, 3.63) is 72.0 Å². The number of hydrogen-bond donors (Lipinski definition) is 2. The van der Waals surface area contributed by atoms with Gasteiger partial charge in [-0.3, -0.25) is 4.79 Å². The average Bonchev–Trinajstić information content (AvgIpc) is 2.87. The third-order valence-electron chi connectivity index (χ3n) is 4.43. The van der Waals surface area contributed by atoms with E-state index in [0.29, 0.717) is 57.0 Å². The molecular weight excluding hydrogens is 436 g/mol. The summed E-state index contributed by atoms with van der Waals surface area (Å²) in [6.45, 7) is 8.00. The Bertz CT molecular complexity index is 965. The molecule has 1 heterocycles. The number of allylic oxidation sites excluding steroid dienone is 3.